The number of rotatable bonds is 5. The zero-order valence-corrected chi connectivity index (χ0v) is 23.9. The number of H-pyrrole nitrogens is 1. The lowest BCUT2D eigenvalue weighted by Gasteiger charge is -2.53. The van der Waals surface area contributed by atoms with Crippen LogP contribution in [-0.4, -0.2) is 87.3 Å². The minimum Gasteiger partial charge on any atom is -0.390 e. The summed E-state index contributed by atoms with van der Waals surface area (Å²) in [6.07, 6.45) is 2.97. The summed E-state index contributed by atoms with van der Waals surface area (Å²) in [4.78, 5) is 23.1. The average molecular weight is 563 g/mol. The molecule has 12 nitrogen and oxygen atoms in total. The quantitative estimate of drug-likeness (QED) is 0.284. The Labute approximate surface area is 237 Å². The van der Waals surface area contributed by atoms with Crippen LogP contribution in [0.2, 0.25) is 0 Å². The van der Waals surface area contributed by atoms with Crippen molar-refractivity contribution in [3.63, 3.8) is 0 Å². The van der Waals surface area contributed by atoms with Crippen LogP contribution in [0.5, 0.6) is 0 Å². The molecule has 1 aliphatic carbocycles. The molecule has 0 radical (unpaired) electrons. The van der Waals surface area contributed by atoms with Gasteiger partial charge in [-0.1, -0.05) is 26.8 Å². The number of nitrogen functional groups attached to an aromatic ring is 1. The van der Waals surface area contributed by atoms with Crippen LogP contribution in [0.15, 0.2) is 30.9 Å². The fraction of sp³-hybridized carbons (Fsp3) is 0.586. The van der Waals surface area contributed by atoms with Crippen molar-refractivity contribution >= 4 is 28.0 Å². The monoisotopic (exact) mass is 562 g/mol. The van der Waals surface area contributed by atoms with Gasteiger partial charge in [0, 0.05) is 19.0 Å². The van der Waals surface area contributed by atoms with E-state index in [1.807, 2.05) is 6.92 Å². The van der Waals surface area contributed by atoms with Crippen molar-refractivity contribution in [3.05, 3.63) is 42.2 Å². The van der Waals surface area contributed by atoms with Crippen LogP contribution in [0.25, 0.3) is 22.2 Å². The van der Waals surface area contributed by atoms with E-state index in [1.165, 1.54) is 11.9 Å². The SMILES string of the molecule is CC1O[C@H]2[C@@H](O)[C@H](n3cnc4c(N)ncnc43)O[C@@H]2CN1[C@H]1C[C@@](O)(CCc2nc3cc(C(C)(C)C)ccc3[nH]2)C1. The fourth-order valence-electron chi connectivity index (χ4n) is 6.68. The van der Waals surface area contributed by atoms with Crippen LogP contribution in [0, 0.1) is 0 Å². The molecule has 3 fully saturated rings. The van der Waals surface area contributed by atoms with E-state index in [0.717, 1.165) is 16.9 Å². The van der Waals surface area contributed by atoms with E-state index in [9.17, 15) is 10.2 Å². The maximum atomic E-state index is 11.3. The summed E-state index contributed by atoms with van der Waals surface area (Å²) < 4.78 is 14.3. The van der Waals surface area contributed by atoms with E-state index in [2.05, 4.69) is 63.8 Å². The first-order chi connectivity index (χ1) is 19.5. The molecule has 2 aliphatic heterocycles. The summed E-state index contributed by atoms with van der Waals surface area (Å²) in [6.45, 7) is 9.19. The second kappa shape index (κ2) is 9.43. The first-order valence-corrected chi connectivity index (χ1v) is 14.4. The lowest BCUT2D eigenvalue weighted by Crippen LogP contribution is -2.63. The zero-order valence-electron chi connectivity index (χ0n) is 23.9. The molecule has 41 heavy (non-hydrogen) atoms. The number of hydrogen-bond acceptors (Lipinski definition) is 10. The molecule has 12 heteroatoms. The zero-order chi connectivity index (χ0) is 28.7. The molecule has 1 unspecified atom stereocenters. The third kappa shape index (κ3) is 4.58. The molecule has 0 bridgehead atoms. The summed E-state index contributed by atoms with van der Waals surface area (Å²) >= 11 is 0. The topological polar surface area (TPSA) is 160 Å². The van der Waals surface area contributed by atoms with Crippen LogP contribution < -0.4 is 5.73 Å². The van der Waals surface area contributed by atoms with Crippen molar-refractivity contribution < 1.29 is 19.7 Å². The summed E-state index contributed by atoms with van der Waals surface area (Å²) in [5.41, 5.74) is 9.49. The molecule has 3 aliphatic rings. The Bertz CT molecular complexity index is 1590. The van der Waals surface area contributed by atoms with E-state index in [-0.39, 0.29) is 29.6 Å². The number of nitrogens with zero attached hydrogens (tertiary/aromatic N) is 6. The number of anilines is 1. The number of nitrogens with two attached hydrogens (primary N) is 1. The number of aliphatic hydroxyl groups excluding tert-OH is 1. The highest BCUT2D eigenvalue weighted by Gasteiger charge is 2.54. The van der Waals surface area contributed by atoms with Crippen molar-refractivity contribution in [2.45, 2.75) is 101 Å². The number of fused-ring (bicyclic) bond motifs is 3. The predicted molar refractivity (Wildman–Crippen MR) is 152 cm³/mol. The van der Waals surface area contributed by atoms with Gasteiger partial charge in [0.1, 0.15) is 42.2 Å². The molecular formula is C29H38N8O4. The second-order valence-electron chi connectivity index (χ2n) is 13.0. The number of ether oxygens (including phenoxy) is 2. The van der Waals surface area contributed by atoms with Crippen molar-refractivity contribution in [2.75, 3.05) is 12.3 Å². The molecule has 3 aromatic heterocycles. The number of hydrogen-bond donors (Lipinski definition) is 4. The molecule has 0 amide bonds. The van der Waals surface area contributed by atoms with Crippen LogP contribution in [0.1, 0.15) is 64.6 Å². The van der Waals surface area contributed by atoms with Crippen molar-refractivity contribution in [1.29, 1.82) is 0 Å². The number of aliphatic hydroxyl groups is 2. The van der Waals surface area contributed by atoms with Gasteiger partial charge in [0.05, 0.1) is 23.0 Å². The minimum atomic E-state index is -0.889. The van der Waals surface area contributed by atoms with E-state index in [0.29, 0.717) is 43.4 Å². The molecule has 5 heterocycles. The highest BCUT2D eigenvalue weighted by atomic mass is 16.6. The van der Waals surface area contributed by atoms with E-state index in [1.54, 1.807) is 10.9 Å². The summed E-state index contributed by atoms with van der Waals surface area (Å²) in [7, 11) is 0. The molecule has 0 spiro atoms. The van der Waals surface area contributed by atoms with Crippen molar-refractivity contribution in [1.82, 2.24) is 34.4 Å². The van der Waals surface area contributed by atoms with Crippen LogP contribution in [0.3, 0.4) is 0 Å². The molecule has 218 valence electrons. The second-order valence-corrected chi connectivity index (χ2v) is 13.0. The maximum Gasteiger partial charge on any atom is 0.167 e. The molecule has 4 aromatic rings. The van der Waals surface area contributed by atoms with Crippen LogP contribution >= 0.6 is 0 Å². The number of benzene rings is 1. The number of aryl methyl sites for hydroxylation is 1. The normalized spacial score (nSPS) is 32.4. The number of nitrogens with one attached hydrogen (secondary N) is 1. The molecule has 1 aromatic carbocycles. The predicted octanol–water partition coefficient (Wildman–Crippen LogP) is 2.41. The highest BCUT2D eigenvalue weighted by molar-refractivity contribution is 5.81. The van der Waals surface area contributed by atoms with Gasteiger partial charge in [-0.05, 0) is 49.3 Å². The Morgan fingerprint density at radius 2 is 1.98 bits per heavy atom. The van der Waals surface area contributed by atoms with Gasteiger partial charge in [0.2, 0.25) is 0 Å². The fourth-order valence-corrected chi connectivity index (χ4v) is 6.68. The lowest BCUT2D eigenvalue weighted by molar-refractivity contribution is -0.216. The van der Waals surface area contributed by atoms with Gasteiger partial charge in [-0.15, -0.1) is 0 Å². The molecule has 1 saturated carbocycles. The lowest BCUT2D eigenvalue weighted by atomic mass is 9.72. The van der Waals surface area contributed by atoms with Gasteiger partial charge in [-0.2, -0.15) is 0 Å². The van der Waals surface area contributed by atoms with Crippen LogP contribution in [0.4, 0.5) is 5.82 Å². The number of imidazole rings is 2. The average Bonchev–Trinajstić information content (AvgIpc) is 3.60. The maximum absolute atomic E-state index is 11.3. The van der Waals surface area contributed by atoms with Gasteiger partial charge < -0.3 is 30.4 Å². The summed E-state index contributed by atoms with van der Waals surface area (Å²) in [5, 5.41) is 22.4. The third-order valence-corrected chi connectivity index (χ3v) is 9.11. The van der Waals surface area contributed by atoms with E-state index < -0.39 is 24.0 Å². The Balaban J connectivity index is 0.982. The highest BCUT2D eigenvalue weighted by Crippen LogP contribution is 2.44. The van der Waals surface area contributed by atoms with Crippen LogP contribution in [-0.2, 0) is 21.3 Å². The Morgan fingerprint density at radius 1 is 1.17 bits per heavy atom. The largest absolute Gasteiger partial charge is 0.390 e. The first-order valence-electron chi connectivity index (χ1n) is 14.4. The van der Waals surface area contributed by atoms with E-state index in [4.69, 9.17) is 20.2 Å². The standard InChI is InChI=1S/C29H38N8O4/c1-15-36(12-20-24(40-15)23(38)27(41-20)37-14-33-22-25(30)31-13-32-26(22)37)17-10-29(39,11-17)8-7-21-34-18-6-5-16(28(2,3)4)9-19(18)35-21/h5-6,9,13-15,17,20,23-24,27,38-39H,7-8,10-12H2,1-4H3,(H,34,35)(H2,30,31,32)/t15?,17-,20-,23-,24-,27-,29-/m1/s1. The molecular weight excluding hydrogens is 524 g/mol. The smallest absolute Gasteiger partial charge is 0.167 e. The molecule has 5 N–H and O–H groups in total. The Hall–Kier alpha value is -3.16. The summed E-state index contributed by atoms with van der Waals surface area (Å²) in [5.74, 6) is 1.18. The van der Waals surface area contributed by atoms with Crippen molar-refractivity contribution in [3.8, 4) is 0 Å². The number of aromatic nitrogens is 6. The van der Waals surface area contributed by atoms with Gasteiger partial charge in [-0.3, -0.25) is 9.47 Å². The Kier molecular flexibility index (Phi) is 6.15. The minimum absolute atomic E-state index is 0.0681. The molecule has 5 atom stereocenters. The van der Waals surface area contributed by atoms with Gasteiger partial charge in [-0.25, -0.2) is 19.9 Å². The summed E-state index contributed by atoms with van der Waals surface area (Å²) in [6, 6.07) is 6.57. The van der Waals surface area contributed by atoms with Gasteiger partial charge in [0.25, 0.3) is 0 Å². The van der Waals surface area contributed by atoms with Gasteiger partial charge in [0.15, 0.2) is 17.7 Å². The van der Waals surface area contributed by atoms with Gasteiger partial charge >= 0.3 is 0 Å². The molecule has 2 saturated heterocycles. The first kappa shape index (κ1) is 26.7. The third-order valence-electron chi connectivity index (χ3n) is 9.11. The molecule has 7 rings (SSSR count). The van der Waals surface area contributed by atoms with E-state index >= 15 is 0 Å². The Morgan fingerprint density at radius 3 is 2.76 bits per heavy atom. The van der Waals surface area contributed by atoms with Crippen molar-refractivity contribution in [2.24, 2.45) is 0 Å². The number of aromatic amines is 1.